The van der Waals surface area contributed by atoms with Gasteiger partial charge in [-0.15, -0.1) is 0 Å². The van der Waals surface area contributed by atoms with Crippen LogP contribution in [0.5, 0.6) is 0 Å². The van der Waals surface area contributed by atoms with Crippen LogP contribution in [0.25, 0.3) is 0 Å². The zero-order valence-electron chi connectivity index (χ0n) is 22.9. The minimum atomic E-state index is -0.694. The molecule has 1 aromatic rings. The molecule has 9 heteroatoms. The molecule has 0 aromatic heterocycles. The molecule has 0 bridgehead atoms. The van der Waals surface area contributed by atoms with Crippen LogP contribution in [0.2, 0.25) is 0 Å². The van der Waals surface area contributed by atoms with Crippen LogP contribution < -0.4 is 0 Å². The zero-order chi connectivity index (χ0) is 27.1. The molecular formula is C30H34O9. The van der Waals surface area contributed by atoms with Gasteiger partial charge in [0.1, 0.15) is 36.1 Å². The van der Waals surface area contributed by atoms with Crippen LogP contribution >= 0.6 is 0 Å². The molecule has 39 heavy (non-hydrogen) atoms. The van der Waals surface area contributed by atoms with Crippen LogP contribution in [0.1, 0.15) is 62.2 Å². The third kappa shape index (κ3) is 2.65. The lowest BCUT2D eigenvalue weighted by Crippen LogP contribution is -2.69. The predicted octanol–water partition coefficient (Wildman–Crippen LogP) is 3.26. The molecule has 9 nitrogen and oxygen atoms in total. The molecule has 7 aliphatic rings. The van der Waals surface area contributed by atoms with Crippen LogP contribution in [0, 0.1) is 17.3 Å². The number of carbonyl (C=O) groups is 2. The zero-order valence-corrected chi connectivity index (χ0v) is 22.9. The summed E-state index contributed by atoms with van der Waals surface area (Å²) in [6.45, 7) is 7.02. The Kier molecular flexibility index (Phi) is 4.71. The van der Waals surface area contributed by atoms with Gasteiger partial charge in [0.2, 0.25) is 0 Å². The molecule has 1 aromatic carbocycles. The molecule has 2 spiro atoms. The number of rotatable bonds is 6. The average Bonchev–Trinajstić information content (AvgIpc) is 3.85. The molecule has 3 aliphatic carbocycles. The number of methoxy groups -OCH3 is 2. The van der Waals surface area contributed by atoms with Gasteiger partial charge in [0.25, 0.3) is 0 Å². The van der Waals surface area contributed by atoms with E-state index in [1.165, 1.54) is 7.11 Å². The van der Waals surface area contributed by atoms with Gasteiger partial charge < -0.3 is 33.2 Å². The molecule has 1 unspecified atom stereocenters. The fourth-order valence-corrected chi connectivity index (χ4v) is 9.16. The van der Waals surface area contributed by atoms with E-state index in [4.69, 9.17) is 33.2 Å². The van der Waals surface area contributed by atoms with E-state index in [1.807, 2.05) is 12.1 Å². The van der Waals surface area contributed by atoms with E-state index in [0.717, 1.165) is 29.6 Å². The van der Waals surface area contributed by atoms with E-state index >= 15 is 0 Å². The molecule has 5 fully saturated rings. The van der Waals surface area contributed by atoms with Crippen molar-refractivity contribution < 1.29 is 42.7 Å². The van der Waals surface area contributed by atoms with Gasteiger partial charge >= 0.3 is 11.9 Å². The van der Waals surface area contributed by atoms with Crippen molar-refractivity contribution in [2.24, 2.45) is 17.3 Å². The van der Waals surface area contributed by atoms with Crippen molar-refractivity contribution in [3.8, 4) is 0 Å². The second-order valence-corrected chi connectivity index (χ2v) is 12.7. The third-order valence-corrected chi connectivity index (χ3v) is 11.1. The normalized spacial score (nSPS) is 46.6. The van der Waals surface area contributed by atoms with Crippen molar-refractivity contribution in [1.82, 2.24) is 0 Å². The van der Waals surface area contributed by atoms with Crippen LogP contribution in [0.15, 0.2) is 35.4 Å². The van der Waals surface area contributed by atoms with Gasteiger partial charge in [0.15, 0.2) is 11.9 Å². The van der Waals surface area contributed by atoms with Crippen molar-refractivity contribution in [3.05, 3.63) is 46.5 Å². The summed E-state index contributed by atoms with van der Waals surface area (Å²) >= 11 is 0. The molecule has 0 radical (unpaired) electrons. The third-order valence-electron chi connectivity index (χ3n) is 11.1. The number of carbonyl (C=O) groups excluding carboxylic acids is 2. The first kappa shape index (κ1) is 24.5. The summed E-state index contributed by atoms with van der Waals surface area (Å²) < 4.78 is 43.4. The van der Waals surface area contributed by atoms with Gasteiger partial charge in [-0.25, -0.2) is 9.59 Å². The Morgan fingerprint density at radius 1 is 1.08 bits per heavy atom. The monoisotopic (exact) mass is 538 g/mol. The van der Waals surface area contributed by atoms with Gasteiger partial charge in [0, 0.05) is 23.7 Å². The maximum absolute atomic E-state index is 12.4. The van der Waals surface area contributed by atoms with Crippen molar-refractivity contribution in [3.63, 3.8) is 0 Å². The number of fused-ring (bicyclic) bond motifs is 4. The molecule has 4 heterocycles. The maximum Gasteiger partial charge on any atom is 0.337 e. The topological polar surface area (TPSA) is 109 Å². The highest BCUT2D eigenvalue weighted by molar-refractivity contribution is 5.92. The summed E-state index contributed by atoms with van der Waals surface area (Å²) in [6.07, 6.45) is 0.972. The van der Waals surface area contributed by atoms with Crippen molar-refractivity contribution >= 4 is 11.9 Å². The Morgan fingerprint density at radius 2 is 1.85 bits per heavy atom. The Morgan fingerprint density at radius 3 is 2.54 bits per heavy atom. The van der Waals surface area contributed by atoms with Gasteiger partial charge in [0.05, 0.1) is 18.8 Å². The fraction of sp³-hybridized carbons (Fsp3) is 0.667. The molecule has 0 amide bonds. The van der Waals surface area contributed by atoms with Gasteiger partial charge in [-0.05, 0) is 48.8 Å². The minimum absolute atomic E-state index is 0.0712. The summed E-state index contributed by atoms with van der Waals surface area (Å²) in [5, 5.41) is 0. The summed E-state index contributed by atoms with van der Waals surface area (Å²) in [6, 6.07) is 7.09. The number of hydrogen-bond acceptors (Lipinski definition) is 9. The highest BCUT2D eigenvalue weighted by atomic mass is 16.8. The molecule has 10 atom stereocenters. The molecule has 208 valence electrons. The fourth-order valence-electron chi connectivity index (χ4n) is 9.16. The summed E-state index contributed by atoms with van der Waals surface area (Å²) in [4.78, 5) is 24.4. The van der Waals surface area contributed by atoms with E-state index in [-0.39, 0.29) is 41.5 Å². The molecule has 3 saturated heterocycles. The molecule has 0 N–H and O–H groups in total. The number of epoxide rings is 3. The van der Waals surface area contributed by atoms with Crippen molar-refractivity contribution in [2.75, 3.05) is 20.8 Å². The maximum atomic E-state index is 12.4. The van der Waals surface area contributed by atoms with E-state index in [1.54, 1.807) is 19.2 Å². The second kappa shape index (κ2) is 7.50. The van der Waals surface area contributed by atoms with Crippen LogP contribution in [-0.2, 0) is 38.0 Å². The second-order valence-electron chi connectivity index (χ2n) is 12.7. The lowest BCUT2D eigenvalue weighted by Gasteiger charge is -2.54. The smallest absolute Gasteiger partial charge is 0.337 e. The highest BCUT2D eigenvalue weighted by Gasteiger charge is 3.00. The van der Waals surface area contributed by atoms with E-state index in [2.05, 4.69) is 20.8 Å². The largest absolute Gasteiger partial charge is 0.465 e. The molecule has 2 saturated carbocycles. The SMILES string of the molecule is COC(=O)c1ccc(C(OC)O[C@@H]2[C@@]3(C(C)C)O[C@H]3[C@@H]3O[C@]34[C@]23O[C@H]3C[C@H]2C3=C(CC[C@@]24C)C(=O)OC3)cc1. The predicted molar refractivity (Wildman–Crippen MR) is 133 cm³/mol. The number of hydrogen-bond donors (Lipinski definition) is 0. The van der Waals surface area contributed by atoms with Crippen molar-refractivity contribution in [2.45, 2.75) is 87.5 Å². The number of ether oxygens (including phenoxy) is 7. The van der Waals surface area contributed by atoms with E-state index in [9.17, 15) is 9.59 Å². The average molecular weight is 539 g/mol. The Balaban J connectivity index is 1.18. The molecule has 8 rings (SSSR count). The van der Waals surface area contributed by atoms with Gasteiger partial charge in [-0.1, -0.05) is 32.9 Å². The lowest BCUT2D eigenvalue weighted by atomic mass is 9.46. The number of benzene rings is 1. The van der Waals surface area contributed by atoms with E-state index in [0.29, 0.717) is 18.6 Å². The summed E-state index contributed by atoms with van der Waals surface area (Å²) in [5.41, 5.74) is 1.24. The molecule has 4 aliphatic heterocycles. The molecular weight excluding hydrogens is 504 g/mol. The first-order chi connectivity index (χ1) is 18.7. The summed E-state index contributed by atoms with van der Waals surface area (Å²) in [5.74, 6) is -0.232. The standard InChI is InChI=1S/C30H34O9/c1-14(2)28-21(38-28)22-30(39-22)27(3)11-10-17-18(13-35-24(17)32)19(27)12-20-29(30,37-20)26(28)36-25(34-5)16-8-6-15(7-9-16)23(31)33-4/h6-9,14,19-22,25-26H,10-13H2,1-5H3/t19-,20-,21-,22-,25?,26+,27-,28-,29+,30+/m0/s1. The Bertz CT molecular complexity index is 1320. The Hall–Kier alpha value is -2.30. The van der Waals surface area contributed by atoms with Crippen molar-refractivity contribution in [1.29, 1.82) is 0 Å². The number of esters is 2. The van der Waals surface area contributed by atoms with Crippen LogP contribution in [-0.4, -0.2) is 74.0 Å². The van der Waals surface area contributed by atoms with Gasteiger partial charge in [-0.2, -0.15) is 0 Å². The first-order valence-corrected chi connectivity index (χ1v) is 14.0. The highest BCUT2D eigenvalue weighted by Crippen LogP contribution is 2.83. The quantitative estimate of drug-likeness (QED) is 0.306. The minimum Gasteiger partial charge on any atom is -0.465 e. The van der Waals surface area contributed by atoms with Crippen LogP contribution in [0.4, 0.5) is 0 Å². The lowest BCUT2D eigenvalue weighted by molar-refractivity contribution is -0.217. The van der Waals surface area contributed by atoms with Gasteiger partial charge in [-0.3, -0.25) is 0 Å². The first-order valence-electron chi connectivity index (χ1n) is 14.0. The summed E-state index contributed by atoms with van der Waals surface area (Å²) in [7, 11) is 2.98. The Labute approximate surface area is 227 Å². The van der Waals surface area contributed by atoms with E-state index < -0.39 is 35.2 Å². The van der Waals surface area contributed by atoms with Crippen LogP contribution in [0.3, 0.4) is 0 Å². The number of cyclic esters (lactones) is 1.